The van der Waals surface area contributed by atoms with Crippen molar-refractivity contribution in [3.05, 3.63) is 34.5 Å². The highest BCUT2D eigenvalue weighted by Crippen LogP contribution is 2.24. The summed E-state index contributed by atoms with van der Waals surface area (Å²) in [5.41, 5.74) is 2.26. The number of guanidine groups is 1. The van der Waals surface area contributed by atoms with E-state index >= 15 is 0 Å². The first kappa shape index (κ1) is 26.9. The highest BCUT2D eigenvalue weighted by molar-refractivity contribution is 14.0. The molecule has 0 aliphatic carbocycles. The van der Waals surface area contributed by atoms with Crippen LogP contribution in [0.3, 0.4) is 0 Å². The molecule has 0 saturated carbocycles. The van der Waals surface area contributed by atoms with E-state index in [9.17, 15) is 8.42 Å². The number of halogens is 1. The van der Waals surface area contributed by atoms with E-state index in [4.69, 9.17) is 4.99 Å². The molecule has 0 saturated heterocycles. The lowest BCUT2D eigenvalue weighted by Gasteiger charge is -2.22. The zero-order valence-electron chi connectivity index (χ0n) is 18.7. The number of aromatic nitrogens is 2. The van der Waals surface area contributed by atoms with Crippen LogP contribution in [0, 0.1) is 0 Å². The van der Waals surface area contributed by atoms with Crippen molar-refractivity contribution < 1.29 is 8.42 Å². The van der Waals surface area contributed by atoms with Gasteiger partial charge in [-0.15, -0.1) is 35.3 Å². The van der Waals surface area contributed by atoms with Crippen LogP contribution in [-0.2, 0) is 30.2 Å². The number of nitrogens with one attached hydrogen (secondary N) is 1. The lowest BCUT2D eigenvalue weighted by atomic mass is 10.1. The van der Waals surface area contributed by atoms with E-state index < -0.39 is 10.0 Å². The fraction of sp³-hybridized carbons (Fsp3) is 0.579. The Kier molecular flexibility index (Phi) is 10.2. The first-order chi connectivity index (χ1) is 13.6. The van der Waals surface area contributed by atoms with E-state index in [0.29, 0.717) is 23.2 Å². The summed E-state index contributed by atoms with van der Waals surface area (Å²) in [7, 11) is 3.60. The quantitative estimate of drug-likeness (QED) is 0.301. The Morgan fingerprint density at radius 2 is 1.97 bits per heavy atom. The summed E-state index contributed by atoms with van der Waals surface area (Å²) in [6.45, 7) is 8.17. The van der Waals surface area contributed by atoms with Gasteiger partial charge in [-0.25, -0.2) is 17.7 Å². The van der Waals surface area contributed by atoms with Crippen LogP contribution >= 0.6 is 35.3 Å². The first-order valence-electron chi connectivity index (χ1n) is 9.59. The van der Waals surface area contributed by atoms with Crippen molar-refractivity contribution in [2.24, 2.45) is 12.0 Å². The van der Waals surface area contributed by atoms with Crippen molar-refractivity contribution in [1.29, 1.82) is 0 Å². The van der Waals surface area contributed by atoms with E-state index in [1.807, 2.05) is 38.0 Å². The van der Waals surface area contributed by atoms with Crippen molar-refractivity contribution in [2.75, 3.05) is 27.7 Å². The van der Waals surface area contributed by atoms with Crippen molar-refractivity contribution in [3.63, 3.8) is 0 Å². The molecule has 0 bridgehead atoms. The molecule has 0 aliphatic heterocycles. The molecule has 0 amide bonds. The maximum absolute atomic E-state index is 12.3. The highest BCUT2D eigenvalue weighted by atomic mass is 127. The lowest BCUT2D eigenvalue weighted by Crippen LogP contribution is -2.38. The molecule has 1 N–H and O–H groups in total. The fourth-order valence-corrected chi connectivity index (χ4v) is 5.33. The summed E-state index contributed by atoms with van der Waals surface area (Å²) in [5.74, 6) is 1.12. The van der Waals surface area contributed by atoms with Gasteiger partial charge in [0.25, 0.3) is 10.0 Å². The minimum absolute atomic E-state index is 0. The van der Waals surface area contributed by atoms with Crippen molar-refractivity contribution in [3.8, 4) is 0 Å². The average Bonchev–Trinajstić information content (AvgIpc) is 3.25. The smallest absolute Gasteiger partial charge is 0.252 e. The minimum Gasteiger partial charge on any atom is -0.357 e. The average molecular weight is 569 g/mol. The van der Waals surface area contributed by atoms with Gasteiger partial charge in [0.2, 0.25) is 0 Å². The van der Waals surface area contributed by atoms with E-state index in [0.717, 1.165) is 23.1 Å². The number of thiophene rings is 1. The van der Waals surface area contributed by atoms with E-state index in [-0.39, 0.29) is 24.0 Å². The van der Waals surface area contributed by atoms with Crippen molar-refractivity contribution in [1.82, 2.24) is 24.3 Å². The standard InChI is InChI=1S/C19H32N6O2S2.HI/c1-8-20-19(24(6)12-15-13-25(7)22-18(15)14(2)3)21-11-16-9-10-17(28-16)29(26,27)23(4)5;/h9-10,13-14H,8,11-12H2,1-7H3,(H,20,21);1H. The Morgan fingerprint density at radius 3 is 2.53 bits per heavy atom. The summed E-state index contributed by atoms with van der Waals surface area (Å²) in [4.78, 5) is 7.68. The van der Waals surface area contributed by atoms with Crippen molar-refractivity contribution >= 4 is 51.3 Å². The second-order valence-corrected chi connectivity index (χ2v) is 10.9. The largest absolute Gasteiger partial charge is 0.357 e. The molecule has 2 aromatic rings. The first-order valence-corrected chi connectivity index (χ1v) is 11.8. The summed E-state index contributed by atoms with van der Waals surface area (Å²) >= 11 is 1.26. The summed E-state index contributed by atoms with van der Waals surface area (Å²) in [5, 5.41) is 7.88. The molecule has 0 radical (unpaired) electrons. The van der Waals surface area contributed by atoms with E-state index in [1.54, 1.807) is 6.07 Å². The molecule has 0 atom stereocenters. The van der Waals surface area contributed by atoms with Gasteiger partial charge in [-0.1, -0.05) is 13.8 Å². The summed E-state index contributed by atoms with van der Waals surface area (Å²) in [6, 6.07) is 3.47. The number of hydrogen-bond acceptors (Lipinski definition) is 5. The van der Waals surface area contributed by atoms with E-state index in [1.165, 1.54) is 35.3 Å². The van der Waals surface area contributed by atoms with Gasteiger partial charge in [0.1, 0.15) is 4.21 Å². The lowest BCUT2D eigenvalue weighted by molar-refractivity contribution is 0.473. The van der Waals surface area contributed by atoms with Crippen LogP contribution in [0.1, 0.15) is 42.8 Å². The Morgan fingerprint density at radius 1 is 1.30 bits per heavy atom. The predicted octanol–water partition coefficient (Wildman–Crippen LogP) is 3.07. The molecule has 0 aromatic carbocycles. The van der Waals surface area contributed by atoms with Crippen LogP contribution in [0.25, 0.3) is 0 Å². The zero-order valence-corrected chi connectivity index (χ0v) is 22.7. The van der Waals surface area contributed by atoms with Crippen LogP contribution in [0.15, 0.2) is 27.5 Å². The van der Waals surface area contributed by atoms with Gasteiger partial charge in [0.05, 0.1) is 12.2 Å². The molecule has 0 spiro atoms. The van der Waals surface area contributed by atoms with E-state index in [2.05, 4.69) is 29.2 Å². The highest BCUT2D eigenvalue weighted by Gasteiger charge is 2.20. The third-order valence-corrected chi connectivity index (χ3v) is 7.70. The topological polar surface area (TPSA) is 82.8 Å². The summed E-state index contributed by atoms with van der Waals surface area (Å²) in [6.07, 6.45) is 2.05. The van der Waals surface area contributed by atoms with Crippen LogP contribution in [0.2, 0.25) is 0 Å². The van der Waals surface area contributed by atoms with Crippen LogP contribution in [0.5, 0.6) is 0 Å². The molecule has 2 heterocycles. The minimum atomic E-state index is -3.40. The normalized spacial score (nSPS) is 12.4. The summed E-state index contributed by atoms with van der Waals surface area (Å²) < 4.78 is 27.9. The number of aryl methyl sites for hydroxylation is 1. The Labute approximate surface area is 201 Å². The van der Waals surface area contributed by atoms with Gasteiger partial charge in [-0.2, -0.15) is 5.10 Å². The number of sulfonamides is 1. The maximum atomic E-state index is 12.3. The van der Waals surface area contributed by atoms with Crippen LogP contribution in [0.4, 0.5) is 0 Å². The number of aliphatic imine (C=N–C) groups is 1. The number of hydrogen-bond donors (Lipinski definition) is 1. The van der Waals surface area contributed by atoms with Gasteiger partial charge < -0.3 is 10.2 Å². The third kappa shape index (κ3) is 6.66. The molecular formula is C19H33IN6O2S2. The second kappa shape index (κ2) is 11.4. The van der Waals surface area contributed by atoms with Gasteiger partial charge in [0.15, 0.2) is 5.96 Å². The molecule has 0 fully saturated rings. The molecule has 0 unspecified atom stereocenters. The third-order valence-electron chi connectivity index (χ3n) is 4.34. The predicted molar refractivity (Wildman–Crippen MR) is 134 cm³/mol. The monoisotopic (exact) mass is 568 g/mol. The van der Waals surface area contributed by atoms with Crippen LogP contribution in [-0.4, -0.2) is 61.1 Å². The van der Waals surface area contributed by atoms with Gasteiger partial charge in [-0.3, -0.25) is 4.68 Å². The van der Waals surface area contributed by atoms with Crippen LogP contribution < -0.4 is 5.32 Å². The Hall–Kier alpha value is -1.18. The Bertz CT molecular complexity index is 950. The Balaban J connectivity index is 0.00000450. The molecular weight excluding hydrogens is 535 g/mol. The SMILES string of the molecule is CCNC(=NCc1ccc(S(=O)(=O)N(C)C)s1)N(C)Cc1cn(C)nc1C(C)C.I. The molecule has 2 rings (SSSR count). The van der Waals surface area contributed by atoms with Gasteiger partial charge in [0, 0.05) is 57.9 Å². The number of rotatable bonds is 8. The number of nitrogens with zero attached hydrogens (tertiary/aromatic N) is 5. The molecule has 0 aliphatic rings. The molecule has 11 heteroatoms. The maximum Gasteiger partial charge on any atom is 0.252 e. The molecule has 30 heavy (non-hydrogen) atoms. The van der Waals surface area contributed by atoms with Gasteiger partial charge >= 0.3 is 0 Å². The molecule has 2 aromatic heterocycles. The van der Waals surface area contributed by atoms with Crippen molar-refractivity contribution in [2.45, 2.75) is 44.0 Å². The molecule has 8 nitrogen and oxygen atoms in total. The molecule has 170 valence electrons. The fourth-order valence-electron chi connectivity index (χ4n) is 2.88. The second-order valence-electron chi connectivity index (χ2n) is 7.40. The zero-order chi connectivity index (χ0) is 21.8. The van der Waals surface area contributed by atoms with Gasteiger partial charge in [-0.05, 0) is 25.0 Å².